The van der Waals surface area contributed by atoms with Gasteiger partial charge in [-0.25, -0.2) is 9.59 Å². The number of hydrogen-bond donors (Lipinski definition) is 0. The molecular formula is C24H22O6. The Morgan fingerprint density at radius 3 is 2.30 bits per heavy atom. The van der Waals surface area contributed by atoms with E-state index in [1.165, 1.54) is 24.3 Å². The molecule has 30 heavy (non-hydrogen) atoms. The van der Waals surface area contributed by atoms with Crippen molar-refractivity contribution in [2.75, 3.05) is 13.2 Å². The number of esters is 2. The predicted molar refractivity (Wildman–Crippen MR) is 111 cm³/mol. The SMILES string of the molecule is CCOC(=O)c1ccc(C(=O)OCC)c(OC2C=CC(c3ccccc3)=CC2=O)c1. The lowest BCUT2D eigenvalue weighted by Gasteiger charge is -2.19. The fourth-order valence-electron chi connectivity index (χ4n) is 2.95. The van der Waals surface area contributed by atoms with Gasteiger partial charge in [0.25, 0.3) is 0 Å². The van der Waals surface area contributed by atoms with Crippen LogP contribution in [-0.2, 0) is 14.3 Å². The molecule has 0 spiro atoms. The van der Waals surface area contributed by atoms with E-state index >= 15 is 0 Å². The number of rotatable bonds is 7. The van der Waals surface area contributed by atoms with Crippen LogP contribution in [0.1, 0.15) is 40.1 Å². The van der Waals surface area contributed by atoms with Gasteiger partial charge in [-0.2, -0.15) is 0 Å². The van der Waals surface area contributed by atoms with Crippen LogP contribution >= 0.6 is 0 Å². The zero-order chi connectivity index (χ0) is 21.5. The Kier molecular flexibility index (Phi) is 6.80. The minimum Gasteiger partial charge on any atom is -0.477 e. The van der Waals surface area contributed by atoms with Gasteiger partial charge in [-0.1, -0.05) is 36.4 Å². The second-order valence-corrected chi connectivity index (χ2v) is 6.42. The Morgan fingerprint density at radius 2 is 1.63 bits per heavy atom. The molecule has 1 aliphatic rings. The minimum absolute atomic E-state index is 0.0820. The maximum absolute atomic E-state index is 12.7. The highest BCUT2D eigenvalue weighted by atomic mass is 16.5. The minimum atomic E-state index is -0.928. The maximum atomic E-state index is 12.7. The summed E-state index contributed by atoms with van der Waals surface area (Å²) in [6, 6.07) is 13.8. The normalized spacial score (nSPS) is 15.3. The smallest absolute Gasteiger partial charge is 0.341 e. The van der Waals surface area contributed by atoms with Crippen molar-refractivity contribution in [3.8, 4) is 5.75 Å². The van der Waals surface area contributed by atoms with Gasteiger partial charge >= 0.3 is 11.9 Å². The van der Waals surface area contributed by atoms with Crippen LogP contribution in [-0.4, -0.2) is 37.0 Å². The molecule has 0 bridgehead atoms. The Bertz CT molecular complexity index is 1000. The molecule has 1 aliphatic carbocycles. The fraction of sp³-hybridized carbons (Fsp3) is 0.208. The summed E-state index contributed by atoms with van der Waals surface area (Å²) in [6.07, 6.45) is 3.99. The van der Waals surface area contributed by atoms with Gasteiger partial charge in [-0.15, -0.1) is 0 Å². The molecule has 1 atom stereocenters. The summed E-state index contributed by atoms with van der Waals surface area (Å²) >= 11 is 0. The number of carbonyl (C=O) groups excluding carboxylic acids is 3. The summed E-state index contributed by atoms with van der Waals surface area (Å²) in [7, 11) is 0. The summed E-state index contributed by atoms with van der Waals surface area (Å²) < 4.78 is 15.9. The molecule has 0 saturated carbocycles. The molecule has 6 heteroatoms. The molecule has 6 nitrogen and oxygen atoms in total. The summed E-state index contributed by atoms with van der Waals surface area (Å²) in [5, 5.41) is 0. The molecule has 0 N–H and O–H groups in total. The topological polar surface area (TPSA) is 78.9 Å². The number of ether oxygens (including phenoxy) is 3. The molecule has 0 aliphatic heterocycles. The van der Waals surface area contributed by atoms with E-state index in [9.17, 15) is 14.4 Å². The molecule has 0 radical (unpaired) electrons. The summed E-state index contributed by atoms with van der Waals surface area (Å²) in [6.45, 7) is 3.79. The number of hydrogen-bond acceptors (Lipinski definition) is 6. The van der Waals surface area contributed by atoms with Crippen LogP contribution in [0.2, 0.25) is 0 Å². The summed E-state index contributed by atoms with van der Waals surface area (Å²) in [5.74, 6) is -1.34. The third kappa shape index (κ3) is 4.84. The molecule has 154 valence electrons. The van der Waals surface area contributed by atoms with Crippen LogP contribution in [0.15, 0.2) is 66.8 Å². The molecule has 0 amide bonds. The molecule has 2 aromatic carbocycles. The molecule has 0 saturated heterocycles. The van der Waals surface area contributed by atoms with Crippen molar-refractivity contribution >= 4 is 23.3 Å². The van der Waals surface area contributed by atoms with Gasteiger partial charge in [0, 0.05) is 0 Å². The first-order valence-electron chi connectivity index (χ1n) is 9.67. The van der Waals surface area contributed by atoms with Crippen LogP contribution in [0.25, 0.3) is 5.57 Å². The van der Waals surface area contributed by atoms with Crippen LogP contribution < -0.4 is 4.74 Å². The van der Waals surface area contributed by atoms with Crippen molar-refractivity contribution in [2.45, 2.75) is 20.0 Å². The predicted octanol–water partition coefficient (Wildman–Crippen LogP) is 4.01. The highest BCUT2D eigenvalue weighted by molar-refractivity contribution is 6.05. The highest BCUT2D eigenvalue weighted by Gasteiger charge is 2.24. The third-order valence-electron chi connectivity index (χ3n) is 4.38. The van der Waals surface area contributed by atoms with Crippen molar-refractivity contribution in [2.24, 2.45) is 0 Å². The number of ketones is 1. The van der Waals surface area contributed by atoms with Gasteiger partial charge in [0.1, 0.15) is 11.3 Å². The van der Waals surface area contributed by atoms with Crippen LogP contribution in [0.3, 0.4) is 0 Å². The van der Waals surface area contributed by atoms with Crippen LogP contribution in [0, 0.1) is 0 Å². The summed E-state index contributed by atoms with van der Waals surface area (Å²) in [5.41, 5.74) is 2.03. The Labute approximate surface area is 174 Å². The summed E-state index contributed by atoms with van der Waals surface area (Å²) in [4.78, 5) is 37.0. The van der Waals surface area contributed by atoms with Gasteiger partial charge in [0.05, 0.1) is 18.8 Å². The van der Waals surface area contributed by atoms with Gasteiger partial charge in [0.15, 0.2) is 6.10 Å². The first-order chi connectivity index (χ1) is 14.5. The number of benzene rings is 2. The highest BCUT2D eigenvalue weighted by Crippen LogP contribution is 2.27. The van der Waals surface area contributed by atoms with Crippen molar-refractivity contribution < 1.29 is 28.6 Å². The van der Waals surface area contributed by atoms with Crippen LogP contribution in [0.4, 0.5) is 0 Å². The average Bonchev–Trinajstić information content (AvgIpc) is 2.76. The van der Waals surface area contributed by atoms with Crippen molar-refractivity contribution in [1.29, 1.82) is 0 Å². The monoisotopic (exact) mass is 406 g/mol. The van der Waals surface area contributed by atoms with Gasteiger partial charge in [-0.3, -0.25) is 4.79 Å². The van der Waals surface area contributed by atoms with E-state index in [0.29, 0.717) is 0 Å². The Morgan fingerprint density at radius 1 is 0.933 bits per heavy atom. The van der Waals surface area contributed by atoms with Crippen molar-refractivity contribution in [3.05, 3.63) is 83.4 Å². The van der Waals surface area contributed by atoms with E-state index in [0.717, 1.165) is 11.1 Å². The quantitative estimate of drug-likeness (QED) is 0.647. The van der Waals surface area contributed by atoms with E-state index < -0.39 is 18.0 Å². The zero-order valence-electron chi connectivity index (χ0n) is 16.8. The van der Waals surface area contributed by atoms with Crippen molar-refractivity contribution in [1.82, 2.24) is 0 Å². The van der Waals surface area contributed by atoms with E-state index in [1.54, 1.807) is 26.0 Å². The van der Waals surface area contributed by atoms with Gasteiger partial charge < -0.3 is 14.2 Å². The van der Waals surface area contributed by atoms with Gasteiger partial charge in [0.2, 0.25) is 5.78 Å². The molecular weight excluding hydrogens is 384 g/mol. The lowest BCUT2D eigenvalue weighted by molar-refractivity contribution is -0.119. The molecule has 2 aromatic rings. The standard InChI is InChI=1S/C24H22O6/c1-3-28-23(26)18-10-12-19(24(27)29-4-2)22(15-18)30-21-13-11-17(14-20(21)25)16-8-6-5-7-9-16/h5-15,21H,3-4H2,1-2H3. The molecule has 0 heterocycles. The van der Waals surface area contributed by atoms with Crippen molar-refractivity contribution in [3.63, 3.8) is 0 Å². The molecule has 0 aromatic heterocycles. The zero-order valence-corrected chi connectivity index (χ0v) is 16.8. The number of carbonyl (C=O) groups is 3. The number of allylic oxidation sites excluding steroid dienone is 2. The fourth-order valence-corrected chi connectivity index (χ4v) is 2.95. The first kappa shape index (κ1) is 21.0. The second-order valence-electron chi connectivity index (χ2n) is 6.42. The molecule has 1 unspecified atom stereocenters. The maximum Gasteiger partial charge on any atom is 0.341 e. The van der Waals surface area contributed by atoms with E-state index in [1.807, 2.05) is 30.3 Å². The lowest BCUT2D eigenvalue weighted by atomic mass is 9.97. The van der Waals surface area contributed by atoms with Crippen LogP contribution in [0.5, 0.6) is 5.75 Å². The molecule has 0 fully saturated rings. The van der Waals surface area contributed by atoms with E-state index in [-0.39, 0.29) is 35.9 Å². The first-order valence-corrected chi connectivity index (χ1v) is 9.67. The molecule has 3 rings (SSSR count). The Balaban J connectivity index is 1.87. The Hall–Kier alpha value is -3.67. The van der Waals surface area contributed by atoms with E-state index in [4.69, 9.17) is 14.2 Å². The second kappa shape index (κ2) is 9.69. The average molecular weight is 406 g/mol. The third-order valence-corrected chi connectivity index (χ3v) is 4.38. The lowest BCUT2D eigenvalue weighted by Crippen LogP contribution is -2.26. The van der Waals surface area contributed by atoms with E-state index in [2.05, 4.69) is 0 Å². The largest absolute Gasteiger partial charge is 0.477 e. The van der Waals surface area contributed by atoms with Gasteiger partial charge in [-0.05, 0) is 55.3 Å².